The van der Waals surface area contributed by atoms with Gasteiger partial charge < -0.3 is 18.9 Å². The van der Waals surface area contributed by atoms with Crippen LogP contribution in [0.2, 0.25) is 20.1 Å². The highest BCUT2D eigenvalue weighted by Crippen LogP contribution is 2.44. The van der Waals surface area contributed by atoms with Gasteiger partial charge in [-0.2, -0.15) is 0 Å². The summed E-state index contributed by atoms with van der Waals surface area (Å²) in [7, 11) is 0. The molecule has 216 valence electrons. The molecule has 39 heavy (non-hydrogen) atoms. The van der Waals surface area contributed by atoms with Gasteiger partial charge in [0.15, 0.2) is 11.5 Å². The molecule has 2 rings (SSSR count). The van der Waals surface area contributed by atoms with Gasteiger partial charge in [-0.25, -0.2) is 9.59 Å². The van der Waals surface area contributed by atoms with Crippen LogP contribution in [-0.4, -0.2) is 25.5 Å². The number of unbranched alkanes of at least 4 members (excludes halogenated alkanes) is 6. The lowest BCUT2D eigenvalue weighted by atomic mass is 9.78. The summed E-state index contributed by atoms with van der Waals surface area (Å²) in [6.07, 6.45) is 6.05. The third kappa shape index (κ3) is 10.2. The van der Waals surface area contributed by atoms with Crippen molar-refractivity contribution >= 4 is 58.7 Å². The third-order valence-electron chi connectivity index (χ3n) is 6.25. The first-order valence-corrected chi connectivity index (χ1v) is 14.7. The van der Waals surface area contributed by atoms with Crippen molar-refractivity contribution in [3.63, 3.8) is 0 Å². The Labute approximate surface area is 251 Å². The molecule has 6 nitrogen and oxygen atoms in total. The molecule has 0 heterocycles. The molecule has 0 saturated heterocycles. The van der Waals surface area contributed by atoms with Gasteiger partial charge in [0, 0.05) is 5.41 Å². The van der Waals surface area contributed by atoms with Crippen LogP contribution >= 0.6 is 46.4 Å². The summed E-state index contributed by atoms with van der Waals surface area (Å²) in [4.78, 5) is 24.2. The topological polar surface area (TPSA) is 71.1 Å². The van der Waals surface area contributed by atoms with E-state index in [1.54, 1.807) is 24.3 Å². The van der Waals surface area contributed by atoms with Gasteiger partial charge in [-0.3, -0.25) is 0 Å². The van der Waals surface area contributed by atoms with Crippen molar-refractivity contribution in [2.45, 2.75) is 84.5 Å². The first-order chi connectivity index (χ1) is 18.5. The van der Waals surface area contributed by atoms with E-state index in [1.165, 1.54) is 0 Å². The molecule has 2 aromatic rings. The van der Waals surface area contributed by atoms with Crippen LogP contribution in [0.3, 0.4) is 0 Å². The molecule has 0 aliphatic heterocycles. The molecule has 0 saturated carbocycles. The van der Waals surface area contributed by atoms with Crippen LogP contribution in [0.5, 0.6) is 11.5 Å². The SMILES string of the molecule is CCCCCCOC(=O)Oc1c(Cl)cc(C(C)(C)c2cc(Cl)c(OC(=O)OCCCCCC)c(Cl)c2)cc1Cl. The first kappa shape index (κ1) is 33.3. The van der Waals surface area contributed by atoms with E-state index in [-0.39, 0.29) is 44.8 Å². The molecule has 0 spiro atoms. The van der Waals surface area contributed by atoms with Gasteiger partial charge in [-0.1, -0.05) is 113 Å². The lowest BCUT2D eigenvalue weighted by Gasteiger charge is -2.28. The summed E-state index contributed by atoms with van der Waals surface area (Å²) in [5.41, 5.74) is 0.743. The average Bonchev–Trinajstić information content (AvgIpc) is 2.87. The fourth-order valence-corrected chi connectivity index (χ4v) is 4.93. The summed E-state index contributed by atoms with van der Waals surface area (Å²) < 4.78 is 20.8. The predicted molar refractivity (Wildman–Crippen MR) is 157 cm³/mol. The summed E-state index contributed by atoms with van der Waals surface area (Å²) in [5.74, 6) is 0.0360. The number of rotatable bonds is 14. The molecule has 0 aromatic heterocycles. The van der Waals surface area contributed by atoms with E-state index in [0.29, 0.717) is 11.1 Å². The van der Waals surface area contributed by atoms with Gasteiger partial charge in [0.1, 0.15) is 0 Å². The van der Waals surface area contributed by atoms with E-state index < -0.39 is 17.7 Å². The second-order valence-corrected chi connectivity index (χ2v) is 11.3. The van der Waals surface area contributed by atoms with E-state index >= 15 is 0 Å². The van der Waals surface area contributed by atoms with Crippen LogP contribution in [0.4, 0.5) is 9.59 Å². The molecule has 2 aromatic carbocycles. The normalized spacial score (nSPS) is 11.3. The second-order valence-electron chi connectivity index (χ2n) is 9.69. The van der Waals surface area contributed by atoms with Crippen molar-refractivity contribution in [3.05, 3.63) is 55.5 Å². The Morgan fingerprint density at radius 3 is 1.26 bits per heavy atom. The zero-order valence-electron chi connectivity index (χ0n) is 22.8. The molecular formula is C29H36Cl4O6. The minimum absolute atomic E-state index is 0.0180. The van der Waals surface area contributed by atoms with Crippen LogP contribution in [0.1, 0.15) is 90.2 Å². The Bertz CT molecular complexity index is 987. The van der Waals surface area contributed by atoms with Crippen molar-refractivity contribution < 1.29 is 28.5 Å². The zero-order chi connectivity index (χ0) is 29.0. The van der Waals surface area contributed by atoms with E-state index in [1.807, 2.05) is 13.8 Å². The van der Waals surface area contributed by atoms with Crippen LogP contribution in [0.15, 0.2) is 24.3 Å². The standard InChI is InChI=1S/C29H36Cl4O6/c1-5-7-9-11-13-36-27(34)38-25-21(30)15-19(16-22(25)31)29(3,4)20-17-23(32)26(24(33)18-20)39-28(35)37-14-12-10-8-6-2/h15-18H,5-14H2,1-4H3. The molecule has 0 amide bonds. The van der Waals surface area contributed by atoms with Crippen molar-refractivity contribution in [3.8, 4) is 11.5 Å². The maximum Gasteiger partial charge on any atom is 0.513 e. The van der Waals surface area contributed by atoms with Crippen molar-refractivity contribution in [2.24, 2.45) is 0 Å². The number of benzene rings is 2. The number of halogens is 4. The summed E-state index contributed by atoms with van der Waals surface area (Å²) in [6.45, 7) is 8.58. The van der Waals surface area contributed by atoms with E-state index in [0.717, 1.165) is 51.4 Å². The van der Waals surface area contributed by atoms with Gasteiger partial charge in [0.2, 0.25) is 0 Å². The largest absolute Gasteiger partial charge is 0.513 e. The van der Waals surface area contributed by atoms with Crippen molar-refractivity contribution in [1.82, 2.24) is 0 Å². The maximum absolute atomic E-state index is 12.1. The molecule has 0 fully saturated rings. The summed E-state index contributed by atoms with van der Waals surface area (Å²) >= 11 is 25.8. The van der Waals surface area contributed by atoms with Crippen LogP contribution < -0.4 is 9.47 Å². The van der Waals surface area contributed by atoms with Gasteiger partial charge in [0.05, 0.1) is 33.3 Å². The molecule has 0 aliphatic rings. The molecule has 0 atom stereocenters. The highest BCUT2D eigenvalue weighted by atomic mass is 35.5. The molecule has 0 radical (unpaired) electrons. The minimum Gasteiger partial charge on any atom is -0.434 e. The summed E-state index contributed by atoms with van der Waals surface area (Å²) in [5, 5.41) is 0.583. The van der Waals surface area contributed by atoms with Crippen molar-refractivity contribution in [2.75, 3.05) is 13.2 Å². The highest BCUT2D eigenvalue weighted by Gasteiger charge is 2.29. The van der Waals surface area contributed by atoms with E-state index in [2.05, 4.69) is 13.8 Å². The first-order valence-electron chi connectivity index (χ1n) is 13.2. The highest BCUT2D eigenvalue weighted by molar-refractivity contribution is 6.38. The van der Waals surface area contributed by atoms with E-state index in [4.69, 9.17) is 65.4 Å². The quantitative estimate of drug-likeness (QED) is 0.119. The zero-order valence-corrected chi connectivity index (χ0v) is 25.9. The minimum atomic E-state index is -0.865. The number of carbonyl (C=O) groups is 2. The lowest BCUT2D eigenvalue weighted by Crippen LogP contribution is -2.20. The molecular weight excluding hydrogens is 586 g/mol. The number of ether oxygens (including phenoxy) is 4. The molecule has 0 N–H and O–H groups in total. The Morgan fingerprint density at radius 2 is 0.949 bits per heavy atom. The van der Waals surface area contributed by atoms with Crippen molar-refractivity contribution in [1.29, 1.82) is 0 Å². The maximum atomic E-state index is 12.1. The van der Waals surface area contributed by atoms with Gasteiger partial charge in [-0.15, -0.1) is 0 Å². The van der Waals surface area contributed by atoms with Crippen LogP contribution in [-0.2, 0) is 14.9 Å². The fraction of sp³-hybridized carbons (Fsp3) is 0.517. The summed E-state index contributed by atoms with van der Waals surface area (Å²) in [6, 6.07) is 6.61. The molecule has 0 aliphatic carbocycles. The monoisotopic (exact) mass is 620 g/mol. The van der Waals surface area contributed by atoms with Crippen LogP contribution in [0.25, 0.3) is 0 Å². The average molecular weight is 622 g/mol. The smallest absolute Gasteiger partial charge is 0.434 e. The van der Waals surface area contributed by atoms with Crippen LogP contribution in [0, 0.1) is 0 Å². The number of carbonyl (C=O) groups excluding carboxylic acids is 2. The number of hydrogen-bond acceptors (Lipinski definition) is 6. The Kier molecular flexibility index (Phi) is 14.0. The third-order valence-corrected chi connectivity index (χ3v) is 7.37. The molecule has 10 heteroatoms. The molecule has 0 bridgehead atoms. The Hall–Kier alpha value is -1.86. The Morgan fingerprint density at radius 1 is 0.615 bits per heavy atom. The number of hydrogen-bond donors (Lipinski definition) is 0. The van der Waals surface area contributed by atoms with E-state index in [9.17, 15) is 9.59 Å². The lowest BCUT2D eigenvalue weighted by molar-refractivity contribution is 0.0963. The van der Waals surface area contributed by atoms with Gasteiger partial charge in [-0.05, 0) is 48.2 Å². The second kappa shape index (κ2) is 16.4. The van der Waals surface area contributed by atoms with Gasteiger partial charge >= 0.3 is 12.3 Å². The molecule has 0 unspecified atom stereocenters. The Balaban J connectivity index is 2.13. The van der Waals surface area contributed by atoms with Gasteiger partial charge in [0.25, 0.3) is 0 Å². The predicted octanol–water partition coefficient (Wildman–Crippen LogP) is 10.8. The fourth-order valence-electron chi connectivity index (χ4n) is 3.80.